The summed E-state index contributed by atoms with van der Waals surface area (Å²) >= 11 is 0. The van der Waals surface area contributed by atoms with Crippen molar-refractivity contribution in [2.75, 3.05) is 6.67 Å². The molecule has 0 aromatic heterocycles. The molecule has 5 heteroatoms. The third-order valence-electron chi connectivity index (χ3n) is 6.39. The van der Waals surface area contributed by atoms with Crippen molar-refractivity contribution in [1.82, 2.24) is 9.80 Å². The number of carbonyl (C=O) groups is 2. The van der Waals surface area contributed by atoms with Crippen LogP contribution in [0.15, 0.2) is 91.0 Å². The monoisotopic (exact) mass is 442 g/mol. The molecule has 1 heterocycles. The van der Waals surface area contributed by atoms with Crippen molar-refractivity contribution in [2.45, 2.75) is 39.0 Å². The lowest BCUT2D eigenvalue weighted by molar-refractivity contribution is -0.150. The minimum absolute atomic E-state index is 0.0646. The van der Waals surface area contributed by atoms with Gasteiger partial charge in [0.2, 0.25) is 5.91 Å². The Bertz CT molecular complexity index is 1050. The van der Waals surface area contributed by atoms with Crippen molar-refractivity contribution in [2.24, 2.45) is 5.92 Å². The smallest absolute Gasteiger partial charge is 0.412 e. The largest absolute Gasteiger partial charge is 0.444 e. The third kappa shape index (κ3) is 4.92. The van der Waals surface area contributed by atoms with Gasteiger partial charge in [-0.25, -0.2) is 4.79 Å². The second-order valence-corrected chi connectivity index (χ2v) is 8.42. The van der Waals surface area contributed by atoms with Gasteiger partial charge >= 0.3 is 6.09 Å². The number of ether oxygens (including phenoxy) is 1. The zero-order valence-corrected chi connectivity index (χ0v) is 19.1. The van der Waals surface area contributed by atoms with Crippen LogP contribution in [0, 0.1) is 5.92 Å². The van der Waals surface area contributed by atoms with Crippen LogP contribution < -0.4 is 0 Å². The molecule has 0 saturated carbocycles. The van der Waals surface area contributed by atoms with Crippen LogP contribution in [0.2, 0.25) is 0 Å². The van der Waals surface area contributed by atoms with E-state index in [1.807, 2.05) is 105 Å². The van der Waals surface area contributed by atoms with Crippen LogP contribution in [0.5, 0.6) is 0 Å². The summed E-state index contributed by atoms with van der Waals surface area (Å²) in [7, 11) is 0. The van der Waals surface area contributed by atoms with E-state index in [2.05, 4.69) is 0 Å². The van der Waals surface area contributed by atoms with Gasteiger partial charge in [0, 0.05) is 0 Å². The first-order valence-electron chi connectivity index (χ1n) is 11.5. The van der Waals surface area contributed by atoms with E-state index in [1.165, 1.54) is 0 Å². The fourth-order valence-corrected chi connectivity index (χ4v) is 4.55. The van der Waals surface area contributed by atoms with Crippen LogP contribution in [-0.4, -0.2) is 28.5 Å². The Morgan fingerprint density at radius 2 is 1.52 bits per heavy atom. The number of benzene rings is 3. The van der Waals surface area contributed by atoms with E-state index in [0.29, 0.717) is 6.42 Å². The normalized spacial score (nSPS) is 19.3. The van der Waals surface area contributed by atoms with E-state index >= 15 is 0 Å². The summed E-state index contributed by atoms with van der Waals surface area (Å²) in [4.78, 5) is 30.6. The number of hydrogen-bond donors (Lipinski definition) is 0. The maximum Gasteiger partial charge on any atom is 0.412 e. The van der Waals surface area contributed by atoms with E-state index in [4.69, 9.17) is 4.74 Å². The van der Waals surface area contributed by atoms with Gasteiger partial charge in [0.05, 0.1) is 18.0 Å². The highest BCUT2D eigenvalue weighted by Gasteiger charge is 2.45. The third-order valence-corrected chi connectivity index (χ3v) is 6.39. The maximum absolute atomic E-state index is 13.6. The quantitative estimate of drug-likeness (QED) is 0.474. The predicted molar refractivity (Wildman–Crippen MR) is 128 cm³/mol. The van der Waals surface area contributed by atoms with E-state index in [-0.39, 0.29) is 37.2 Å². The van der Waals surface area contributed by atoms with Crippen LogP contribution >= 0.6 is 0 Å². The molecule has 3 atom stereocenters. The first kappa shape index (κ1) is 22.6. The molecule has 0 N–H and O–H groups in total. The first-order chi connectivity index (χ1) is 16.1. The van der Waals surface area contributed by atoms with Gasteiger partial charge in [0.15, 0.2) is 0 Å². The van der Waals surface area contributed by atoms with Crippen molar-refractivity contribution in [3.8, 4) is 0 Å². The standard InChI is InChI=1S/C28H30N2O3/c1-3-25-26(24-17-11-6-12-18-24)30(28(32)33-19-22-13-7-4-8-14-22)20-29(27(25)31)21(2)23-15-9-5-10-16-23/h4-18,21,25-26H,3,19-20H2,1-2H3/t21-,25-,26-/m0/s1. The van der Waals surface area contributed by atoms with Crippen molar-refractivity contribution in [1.29, 1.82) is 0 Å². The molecule has 0 spiro atoms. The average molecular weight is 443 g/mol. The minimum Gasteiger partial charge on any atom is -0.444 e. The highest BCUT2D eigenvalue weighted by Crippen LogP contribution is 2.39. The fraction of sp³-hybridized carbons (Fsp3) is 0.286. The van der Waals surface area contributed by atoms with E-state index in [1.54, 1.807) is 9.80 Å². The number of amides is 2. The summed E-state index contributed by atoms with van der Waals surface area (Å²) in [5, 5.41) is 0. The molecule has 3 aromatic carbocycles. The lowest BCUT2D eigenvalue weighted by Crippen LogP contribution is -2.56. The van der Waals surface area contributed by atoms with Crippen LogP contribution in [0.3, 0.4) is 0 Å². The number of nitrogens with zero attached hydrogens (tertiary/aromatic N) is 2. The summed E-state index contributed by atoms with van der Waals surface area (Å²) in [5.74, 6) is -0.286. The molecule has 0 radical (unpaired) electrons. The topological polar surface area (TPSA) is 49.9 Å². The molecule has 1 saturated heterocycles. The minimum atomic E-state index is -0.413. The number of carbonyl (C=O) groups excluding carboxylic acids is 2. The molecular weight excluding hydrogens is 412 g/mol. The highest BCUT2D eigenvalue weighted by atomic mass is 16.6. The summed E-state index contributed by atoms with van der Waals surface area (Å²) < 4.78 is 5.73. The molecule has 0 bridgehead atoms. The first-order valence-corrected chi connectivity index (χ1v) is 11.5. The van der Waals surface area contributed by atoms with Gasteiger partial charge in [-0.2, -0.15) is 0 Å². The van der Waals surface area contributed by atoms with Gasteiger partial charge in [-0.15, -0.1) is 0 Å². The van der Waals surface area contributed by atoms with Crippen molar-refractivity contribution in [3.63, 3.8) is 0 Å². The second kappa shape index (κ2) is 10.3. The van der Waals surface area contributed by atoms with Gasteiger partial charge in [0.25, 0.3) is 0 Å². The molecule has 33 heavy (non-hydrogen) atoms. The van der Waals surface area contributed by atoms with E-state index < -0.39 is 6.09 Å². The number of rotatable bonds is 6. The number of hydrogen-bond acceptors (Lipinski definition) is 3. The van der Waals surface area contributed by atoms with Crippen LogP contribution in [0.25, 0.3) is 0 Å². The van der Waals surface area contributed by atoms with Gasteiger partial charge in [-0.3, -0.25) is 9.69 Å². The zero-order valence-electron chi connectivity index (χ0n) is 19.1. The average Bonchev–Trinajstić information content (AvgIpc) is 2.88. The SMILES string of the molecule is CC[C@@H]1C(=O)N([C@@H](C)c2ccccc2)CN(C(=O)OCc2ccccc2)[C@H]1c1ccccc1. The molecule has 5 nitrogen and oxygen atoms in total. The van der Waals surface area contributed by atoms with E-state index in [0.717, 1.165) is 16.7 Å². The van der Waals surface area contributed by atoms with Crippen molar-refractivity contribution >= 4 is 12.0 Å². The summed E-state index contributed by atoms with van der Waals surface area (Å²) in [5.41, 5.74) is 2.91. The summed E-state index contributed by atoms with van der Waals surface area (Å²) in [6.45, 7) is 4.38. The Hall–Kier alpha value is -3.60. The van der Waals surface area contributed by atoms with E-state index in [9.17, 15) is 9.59 Å². The van der Waals surface area contributed by atoms with Gasteiger partial charge in [-0.05, 0) is 30.0 Å². The molecule has 1 aliphatic rings. The molecule has 1 aliphatic heterocycles. The Morgan fingerprint density at radius 3 is 2.12 bits per heavy atom. The highest BCUT2D eigenvalue weighted by molar-refractivity contribution is 5.83. The second-order valence-electron chi connectivity index (χ2n) is 8.42. The summed E-state index contributed by atoms with van der Waals surface area (Å²) in [6.07, 6.45) is 0.211. The Kier molecular flexibility index (Phi) is 7.08. The Morgan fingerprint density at radius 1 is 0.939 bits per heavy atom. The zero-order chi connectivity index (χ0) is 23.2. The maximum atomic E-state index is 13.6. The summed E-state index contributed by atoms with van der Waals surface area (Å²) in [6, 6.07) is 28.8. The van der Waals surface area contributed by atoms with Crippen molar-refractivity contribution in [3.05, 3.63) is 108 Å². The van der Waals surface area contributed by atoms with Crippen molar-refractivity contribution < 1.29 is 14.3 Å². The van der Waals surface area contributed by atoms with Crippen LogP contribution in [0.1, 0.15) is 49.0 Å². The lowest BCUT2D eigenvalue weighted by atomic mass is 9.86. The molecule has 0 unspecified atom stereocenters. The lowest BCUT2D eigenvalue weighted by Gasteiger charge is -2.47. The van der Waals surface area contributed by atoms with Crippen LogP contribution in [0.4, 0.5) is 4.79 Å². The molecule has 2 amide bonds. The molecular formula is C28H30N2O3. The van der Waals surface area contributed by atoms with Crippen LogP contribution in [-0.2, 0) is 16.1 Å². The molecule has 4 rings (SSSR count). The molecule has 1 fully saturated rings. The van der Waals surface area contributed by atoms with Gasteiger partial charge < -0.3 is 9.64 Å². The Labute approximate surface area is 195 Å². The van der Waals surface area contributed by atoms with Gasteiger partial charge in [-0.1, -0.05) is 97.9 Å². The van der Waals surface area contributed by atoms with Gasteiger partial charge in [0.1, 0.15) is 13.3 Å². The molecule has 3 aromatic rings. The Balaban J connectivity index is 1.65. The fourth-order valence-electron chi connectivity index (χ4n) is 4.55. The molecule has 170 valence electrons. The molecule has 0 aliphatic carbocycles. The predicted octanol–water partition coefficient (Wildman–Crippen LogP) is 5.95.